The van der Waals surface area contributed by atoms with E-state index in [9.17, 15) is 4.79 Å². The zero-order valence-corrected chi connectivity index (χ0v) is 15.5. The van der Waals surface area contributed by atoms with Crippen LogP contribution in [-0.2, 0) is 9.22 Å². The molecule has 3 heteroatoms. The van der Waals surface area contributed by atoms with E-state index in [0.717, 1.165) is 18.3 Å². The molecule has 0 unspecified atom stereocenters. The normalized spacial score (nSPS) is 21.6. The van der Waals surface area contributed by atoms with Crippen molar-refractivity contribution in [1.82, 2.24) is 0 Å². The summed E-state index contributed by atoms with van der Waals surface area (Å²) in [6.45, 7) is 2.40. The van der Waals surface area contributed by atoms with E-state index in [1.807, 2.05) is 0 Å². The van der Waals surface area contributed by atoms with Crippen LogP contribution in [0.15, 0.2) is 0 Å². The molecule has 0 saturated heterocycles. The molecule has 2 rings (SSSR count). The van der Waals surface area contributed by atoms with Gasteiger partial charge in [-0.2, -0.15) is 0 Å². The summed E-state index contributed by atoms with van der Waals surface area (Å²) in [6, 6.07) is 0. The van der Waals surface area contributed by atoms with Gasteiger partial charge in [0.2, 0.25) is 10.5 Å². The predicted molar refractivity (Wildman–Crippen MR) is 86.5 cm³/mol. The van der Waals surface area contributed by atoms with Gasteiger partial charge in [0.1, 0.15) is 0 Å². The summed E-state index contributed by atoms with van der Waals surface area (Å²) in [5, 5.41) is 0. The van der Waals surface area contributed by atoms with Crippen molar-refractivity contribution in [3.63, 3.8) is 0 Å². The second-order valence-electron chi connectivity index (χ2n) is 6.98. The summed E-state index contributed by atoms with van der Waals surface area (Å²) in [6.07, 6.45) is 15.8. The third-order valence-corrected chi connectivity index (χ3v) is 6.70. The maximum Gasteiger partial charge on any atom is 0.291 e. The quantitative estimate of drug-likeness (QED) is 0.669. The number of rotatable bonds is 7. The smallest absolute Gasteiger partial charge is 0.291 e. The minimum atomic E-state index is 0.0273. The summed E-state index contributed by atoms with van der Waals surface area (Å²) >= 11 is 0. The Labute approximate surface area is 127 Å². The first-order valence-electron chi connectivity index (χ1n) is 8.79. The van der Waals surface area contributed by atoms with Crippen LogP contribution in [0, 0.1) is 17.3 Å². The van der Waals surface area contributed by atoms with Crippen molar-refractivity contribution >= 4 is 16.5 Å². The highest BCUT2D eigenvalue weighted by Gasteiger charge is 2.44. The first-order valence-corrected chi connectivity index (χ1v) is 9.61. The summed E-state index contributed by atoms with van der Waals surface area (Å²) in [7, 11) is 0.546. The molecule has 0 bridgehead atoms. The Balaban J connectivity index is 2.02. The van der Waals surface area contributed by atoms with E-state index in [0.29, 0.717) is 22.3 Å². The predicted octanol–water partition coefficient (Wildman–Crippen LogP) is 3.76. The highest BCUT2D eigenvalue weighted by Crippen LogP contribution is 2.55. The van der Waals surface area contributed by atoms with Crippen molar-refractivity contribution in [2.45, 2.75) is 84.0 Å². The standard InChI is InChI=1S/C17H32O2Si/c1-2-17(14-8-3-4-9-14,15-10-5-6-11-15)13-7-12-16(18)19-20/h14-15H,2-13H2,1,20H3. The summed E-state index contributed by atoms with van der Waals surface area (Å²) in [4.78, 5) is 11.4. The van der Waals surface area contributed by atoms with E-state index in [4.69, 9.17) is 4.43 Å². The first-order chi connectivity index (χ1) is 9.73. The highest BCUT2D eigenvalue weighted by molar-refractivity contribution is 6.05. The van der Waals surface area contributed by atoms with Crippen molar-refractivity contribution in [1.29, 1.82) is 0 Å². The molecule has 0 amide bonds. The second-order valence-corrected chi connectivity index (χ2v) is 7.39. The zero-order chi connectivity index (χ0) is 14.4. The largest absolute Gasteiger partial charge is 0.529 e. The lowest BCUT2D eigenvalue weighted by Gasteiger charge is -2.44. The van der Waals surface area contributed by atoms with E-state index in [1.165, 1.54) is 64.2 Å². The highest BCUT2D eigenvalue weighted by atomic mass is 28.2. The fourth-order valence-electron chi connectivity index (χ4n) is 5.16. The average molecular weight is 297 g/mol. The van der Waals surface area contributed by atoms with Crippen molar-refractivity contribution < 1.29 is 9.22 Å². The number of hydrogen-bond donors (Lipinski definition) is 0. The Morgan fingerprint density at radius 1 is 1.10 bits per heavy atom. The van der Waals surface area contributed by atoms with Crippen molar-refractivity contribution in [3.8, 4) is 0 Å². The van der Waals surface area contributed by atoms with Gasteiger partial charge >= 0.3 is 0 Å². The molecule has 2 nitrogen and oxygen atoms in total. The van der Waals surface area contributed by atoms with Crippen LogP contribution in [0.5, 0.6) is 0 Å². The van der Waals surface area contributed by atoms with Gasteiger partial charge in [-0.1, -0.05) is 32.6 Å². The molecule has 2 aliphatic carbocycles. The molecular weight excluding hydrogens is 264 g/mol. The van der Waals surface area contributed by atoms with E-state index in [1.54, 1.807) is 0 Å². The third kappa shape index (κ3) is 3.47. The van der Waals surface area contributed by atoms with Gasteiger partial charge in [-0.25, -0.2) is 0 Å². The topological polar surface area (TPSA) is 26.3 Å². The first kappa shape index (κ1) is 16.1. The van der Waals surface area contributed by atoms with Gasteiger partial charge in [-0.3, -0.25) is 4.79 Å². The van der Waals surface area contributed by atoms with E-state index in [2.05, 4.69) is 6.92 Å². The van der Waals surface area contributed by atoms with Crippen molar-refractivity contribution in [3.05, 3.63) is 0 Å². The maximum absolute atomic E-state index is 11.4. The van der Waals surface area contributed by atoms with Gasteiger partial charge in [0.05, 0.1) is 0 Å². The molecule has 0 N–H and O–H groups in total. The molecule has 0 radical (unpaired) electrons. The molecule has 2 saturated carbocycles. The van der Waals surface area contributed by atoms with Crippen LogP contribution >= 0.6 is 0 Å². The molecule has 0 heterocycles. The van der Waals surface area contributed by atoms with Crippen LogP contribution in [0.3, 0.4) is 0 Å². The van der Waals surface area contributed by atoms with Gasteiger partial charge in [0.25, 0.3) is 5.97 Å². The van der Waals surface area contributed by atoms with Crippen LogP contribution in [0.4, 0.5) is 0 Å². The Hall–Kier alpha value is -0.313. The Morgan fingerprint density at radius 2 is 1.60 bits per heavy atom. The monoisotopic (exact) mass is 296 g/mol. The SMILES string of the molecule is CCC(CCCC(=O)O[SiH3])(C1CCCC1)C1CCCC1. The van der Waals surface area contributed by atoms with E-state index >= 15 is 0 Å². The lowest BCUT2D eigenvalue weighted by Crippen LogP contribution is -2.36. The van der Waals surface area contributed by atoms with E-state index in [-0.39, 0.29) is 5.97 Å². The number of carbonyl (C=O) groups is 1. The molecule has 0 aliphatic heterocycles. The van der Waals surface area contributed by atoms with Gasteiger partial charge in [-0.15, -0.1) is 0 Å². The van der Waals surface area contributed by atoms with Crippen LogP contribution in [0.2, 0.25) is 0 Å². The van der Waals surface area contributed by atoms with E-state index < -0.39 is 0 Å². The van der Waals surface area contributed by atoms with Crippen LogP contribution in [0.25, 0.3) is 0 Å². The maximum atomic E-state index is 11.4. The third-order valence-electron chi connectivity index (χ3n) is 6.25. The molecule has 0 aromatic rings. The summed E-state index contributed by atoms with van der Waals surface area (Å²) in [5.74, 6) is 1.89. The molecule has 2 aliphatic rings. The number of hydrogen-bond acceptors (Lipinski definition) is 2. The Kier molecular flexibility index (Phi) is 6.13. The van der Waals surface area contributed by atoms with Crippen molar-refractivity contribution in [2.24, 2.45) is 17.3 Å². The van der Waals surface area contributed by atoms with Crippen LogP contribution in [0.1, 0.15) is 84.0 Å². The molecule has 20 heavy (non-hydrogen) atoms. The molecule has 0 aromatic heterocycles. The lowest BCUT2D eigenvalue weighted by molar-refractivity contribution is -0.134. The Morgan fingerprint density at radius 3 is 2.00 bits per heavy atom. The lowest BCUT2D eigenvalue weighted by atomic mass is 9.61. The Bertz CT molecular complexity index is 288. The number of carbonyl (C=O) groups excluding carboxylic acids is 1. The zero-order valence-electron chi connectivity index (χ0n) is 13.5. The van der Waals surface area contributed by atoms with Gasteiger partial charge in [-0.05, 0) is 62.2 Å². The average Bonchev–Trinajstić information content (AvgIpc) is 3.16. The fraction of sp³-hybridized carbons (Fsp3) is 0.941. The van der Waals surface area contributed by atoms with Gasteiger partial charge in [0.15, 0.2) is 0 Å². The minimum Gasteiger partial charge on any atom is -0.529 e. The molecule has 0 aromatic carbocycles. The van der Waals surface area contributed by atoms with Gasteiger partial charge in [0, 0.05) is 6.42 Å². The molecule has 0 spiro atoms. The van der Waals surface area contributed by atoms with Crippen LogP contribution < -0.4 is 0 Å². The van der Waals surface area contributed by atoms with Gasteiger partial charge < -0.3 is 4.43 Å². The molecule has 116 valence electrons. The summed E-state index contributed by atoms with van der Waals surface area (Å²) < 4.78 is 4.95. The molecular formula is C17H32O2Si. The van der Waals surface area contributed by atoms with Crippen molar-refractivity contribution in [2.75, 3.05) is 0 Å². The van der Waals surface area contributed by atoms with Crippen LogP contribution in [-0.4, -0.2) is 16.5 Å². The fourth-order valence-corrected chi connectivity index (χ4v) is 5.37. The minimum absolute atomic E-state index is 0.0273. The summed E-state index contributed by atoms with van der Waals surface area (Å²) in [5.41, 5.74) is 0.540. The molecule has 0 atom stereocenters. The molecule has 2 fully saturated rings. The second kappa shape index (κ2) is 7.63.